The second-order valence-electron chi connectivity index (χ2n) is 6.66. The molecule has 0 radical (unpaired) electrons. The second kappa shape index (κ2) is 7.25. The van der Waals surface area contributed by atoms with E-state index >= 15 is 0 Å². The van der Waals surface area contributed by atoms with Crippen LogP contribution >= 0.6 is 0 Å². The molecule has 2 heterocycles. The van der Waals surface area contributed by atoms with Gasteiger partial charge in [0.05, 0.1) is 13.7 Å². The van der Waals surface area contributed by atoms with Crippen molar-refractivity contribution in [1.82, 2.24) is 9.88 Å². The largest absolute Gasteiger partial charge is 0.497 e. The molecule has 138 valence electrons. The molecule has 0 saturated carbocycles. The van der Waals surface area contributed by atoms with Crippen molar-refractivity contribution in [2.24, 2.45) is 0 Å². The van der Waals surface area contributed by atoms with Crippen molar-refractivity contribution in [1.29, 1.82) is 0 Å². The first-order chi connectivity index (χ1) is 13.1. The Morgan fingerprint density at radius 3 is 2.70 bits per heavy atom. The molecule has 27 heavy (non-hydrogen) atoms. The Morgan fingerprint density at radius 2 is 1.89 bits per heavy atom. The van der Waals surface area contributed by atoms with Crippen molar-refractivity contribution in [2.45, 2.75) is 6.54 Å². The number of carbonyl (C=O) groups excluding carboxylic acids is 1. The number of carbonyl (C=O) groups is 1. The number of nitrogens with zero attached hydrogens (tertiary/aromatic N) is 2. The summed E-state index contributed by atoms with van der Waals surface area (Å²) < 4.78 is 5.25. The fourth-order valence-corrected chi connectivity index (χ4v) is 3.49. The van der Waals surface area contributed by atoms with Crippen LogP contribution in [0.3, 0.4) is 0 Å². The Labute approximate surface area is 157 Å². The summed E-state index contributed by atoms with van der Waals surface area (Å²) in [5.41, 5.74) is 2.49. The first-order valence-corrected chi connectivity index (χ1v) is 8.92. The van der Waals surface area contributed by atoms with Gasteiger partial charge in [-0.1, -0.05) is 18.2 Å². The molecule has 4 rings (SSSR count). The quantitative estimate of drug-likeness (QED) is 0.773. The van der Waals surface area contributed by atoms with Gasteiger partial charge in [0.15, 0.2) is 5.43 Å². The van der Waals surface area contributed by atoms with E-state index in [0.29, 0.717) is 25.0 Å². The van der Waals surface area contributed by atoms with Gasteiger partial charge in [-0.2, -0.15) is 0 Å². The van der Waals surface area contributed by atoms with Gasteiger partial charge >= 0.3 is 0 Å². The van der Waals surface area contributed by atoms with Crippen LogP contribution in [0.5, 0.6) is 5.75 Å². The molecule has 1 amide bonds. The number of methoxy groups -OCH3 is 1. The standard InChI is InChI=1S/C21H21N3O3/c1-27-17-6-4-5-16(12-17)24-10-9-23(14-21(24)26)13-15-11-20(25)18-7-2-3-8-19(18)22-15/h2-8,11-12H,9-10,13-14H2,1H3,(H,22,25). The highest BCUT2D eigenvalue weighted by molar-refractivity contribution is 5.95. The van der Waals surface area contributed by atoms with Crippen LogP contribution in [0.25, 0.3) is 10.9 Å². The summed E-state index contributed by atoms with van der Waals surface area (Å²) in [7, 11) is 1.61. The summed E-state index contributed by atoms with van der Waals surface area (Å²) in [5.74, 6) is 0.772. The summed E-state index contributed by atoms with van der Waals surface area (Å²) in [6.07, 6.45) is 0. The van der Waals surface area contributed by atoms with Gasteiger partial charge in [0, 0.05) is 54.1 Å². The molecule has 1 aliphatic rings. The van der Waals surface area contributed by atoms with E-state index in [4.69, 9.17) is 4.74 Å². The van der Waals surface area contributed by atoms with E-state index in [0.717, 1.165) is 29.2 Å². The van der Waals surface area contributed by atoms with Crippen LogP contribution in [-0.4, -0.2) is 42.5 Å². The van der Waals surface area contributed by atoms with Crippen LogP contribution in [0, 0.1) is 0 Å². The van der Waals surface area contributed by atoms with Gasteiger partial charge in [-0.25, -0.2) is 0 Å². The normalized spacial score (nSPS) is 15.3. The van der Waals surface area contributed by atoms with Crippen LogP contribution < -0.4 is 15.1 Å². The molecule has 6 nitrogen and oxygen atoms in total. The summed E-state index contributed by atoms with van der Waals surface area (Å²) in [5, 5.41) is 0.681. The number of aromatic nitrogens is 1. The Hall–Kier alpha value is -3.12. The fraction of sp³-hybridized carbons (Fsp3) is 0.238. The molecular weight excluding hydrogens is 342 g/mol. The molecule has 0 spiro atoms. The summed E-state index contributed by atoms with van der Waals surface area (Å²) in [6, 6.07) is 16.6. The van der Waals surface area contributed by atoms with Crippen LogP contribution in [0.1, 0.15) is 5.69 Å². The number of fused-ring (bicyclic) bond motifs is 1. The molecule has 1 aliphatic heterocycles. The molecule has 1 aromatic heterocycles. The monoisotopic (exact) mass is 363 g/mol. The van der Waals surface area contributed by atoms with E-state index in [1.807, 2.05) is 48.5 Å². The lowest BCUT2D eigenvalue weighted by Gasteiger charge is -2.34. The Bertz CT molecular complexity index is 1040. The number of anilines is 1. The molecule has 0 bridgehead atoms. The number of H-pyrrole nitrogens is 1. The molecule has 0 aliphatic carbocycles. The Morgan fingerprint density at radius 1 is 1.04 bits per heavy atom. The lowest BCUT2D eigenvalue weighted by atomic mass is 10.2. The van der Waals surface area contributed by atoms with Crippen molar-refractivity contribution >= 4 is 22.5 Å². The van der Waals surface area contributed by atoms with Crippen molar-refractivity contribution in [3.05, 3.63) is 70.5 Å². The topological polar surface area (TPSA) is 65.6 Å². The highest BCUT2D eigenvalue weighted by atomic mass is 16.5. The number of rotatable bonds is 4. The van der Waals surface area contributed by atoms with E-state index in [9.17, 15) is 9.59 Å². The number of para-hydroxylation sites is 1. The number of pyridine rings is 1. The third-order valence-corrected chi connectivity index (χ3v) is 4.85. The minimum absolute atomic E-state index is 0.000642. The van der Waals surface area contributed by atoms with Gasteiger partial charge in [-0.05, 0) is 24.3 Å². The lowest BCUT2D eigenvalue weighted by Crippen LogP contribution is -2.50. The van der Waals surface area contributed by atoms with Gasteiger partial charge in [0.2, 0.25) is 5.91 Å². The van der Waals surface area contributed by atoms with Gasteiger partial charge in [0.1, 0.15) is 5.75 Å². The number of hydrogen-bond acceptors (Lipinski definition) is 4. The van der Waals surface area contributed by atoms with E-state index < -0.39 is 0 Å². The number of amides is 1. The SMILES string of the molecule is COc1cccc(N2CCN(Cc3cc(=O)c4ccccc4[nH]3)CC2=O)c1. The number of hydrogen-bond donors (Lipinski definition) is 1. The van der Waals surface area contributed by atoms with E-state index in [1.165, 1.54) is 0 Å². The van der Waals surface area contributed by atoms with E-state index in [-0.39, 0.29) is 11.3 Å². The molecule has 6 heteroatoms. The van der Waals surface area contributed by atoms with Crippen molar-refractivity contribution < 1.29 is 9.53 Å². The van der Waals surface area contributed by atoms with E-state index in [2.05, 4.69) is 9.88 Å². The molecule has 3 aromatic rings. The fourth-order valence-electron chi connectivity index (χ4n) is 3.49. The second-order valence-corrected chi connectivity index (χ2v) is 6.66. The average Bonchev–Trinajstić information content (AvgIpc) is 2.68. The summed E-state index contributed by atoms with van der Waals surface area (Å²) in [6.45, 7) is 2.19. The van der Waals surface area contributed by atoms with Gasteiger partial charge in [-0.3, -0.25) is 14.5 Å². The number of piperazine rings is 1. The maximum atomic E-state index is 12.6. The minimum Gasteiger partial charge on any atom is -0.497 e. The van der Waals surface area contributed by atoms with E-state index in [1.54, 1.807) is 18.1 Å². The number of aromatic amines is 1. The minimum atomic E-state index is 0.000642. The zero-order valence-corrected chi connectivity index (χ0v) is 15.1. The van der Waals surface area contributed by atoms with Crippen molar-refractivity contribution in [2.75, 3.05) is 31.6 Å². The first kappa shape index (κ1) is 17.3. The Balaban J connectivity index is 1.48. The van der Waals surface area contributed by atoms with Gasteiger partial charge < -0.3 is 14.6 Å². The van der Waals surface area contributed by atoms with Gasteiger partial charge in [0.25, 0.3) is 0 Å². The Kier molecular flexibility index (Phi) is 4.64. The zero-order chi connectivity index (χ0) is 18.8. The molecule has 0 unspecified atom stereocenters. The third-order valence-electron chi connectivity index (χ3n) is 4.85. The number of ether oxygens (including phenoxy) is 1. The maximum Gasteiger partial charge on any atom is 0.241 e. The zero-order valence-electron chi connectivity index (χ0n) is 15.1. The molecule has 2 aromatic carbocycles. The number of nitrogens with one attached hydrogen (secondary N) is 1. The molecule has 1 saturated heterocycles. The van der Waals surface area contributed by atoms with Gasteiger partial charge in [-0.15, -0.1) is 0 Å². The third kappa shape index (κ3) is 3.57. The van der Waals surface area contributed by atoms with Crippen LogP contribution in [0.15, 0.2) is 59.4 Å². The van der Waals surface area contributed by atoms with Crippen LogP contribution in [-0.2, 0) is 11.3 Å². The molecular formula is C21H21N3O3. The van der Waals surface area contributed by atoms with Crippen LogP contribution in [0.2, 0.25) is 0 Å². The highest BCUT2D eigenvalue weighted by Gasteiger charge is 2.25. The maximum absolute atomic E-state index is 12.6. The molecule has 0 atom stereocenters. The lowest BCUT2D eigenvalue weighted by molar-refractivity contribution is -0.121. The number of benzene rings is 2. The average molecular weight is 363 g/mol. The predicted molar refractivity (Wildman–Crippen MR) is 105 cm³/mol. The predicted octanol–water partition coefficient (Wildman–Crippen LogP) is 2.39. The molecule has 1 N–H and O–H groups in total. The summed E-state index contributed by atoms with van der Waals surface area (Å²) in [4.78, 5) is 32.1. The van der Waals surface area contributed by atoms with Crippen molar-refractivity contribution in [3.8, 4) is 5.75 Å². The first-order valence-electron chi connectivity index (χ1n) is 8.92. The van der Waals surface area contributed by atoms with Crippen molar-refractivity contribution in [3.63, 3.8) is 0 Å². The van der Waals surface area contributed by atoms with Crippen LogP contribution in [0.4, 0.5) is 5.69 Å². The molecule has 1 fully saturated rings. The highest BCUT2D eigenvalue weighted by Crippen LogP contribution is 2.23. The summed E-state index contributed by atoms with van der Waals surface area (Å²) >= 11 is 0. The smallest absolute Gasteiger partial charge is 0.241 e.